The third-order valence-corrected chi connectivity index (χ3v) is 7.37. The molecule has 35 heavy (non-hydrogen) atoms. The highest BCUT2D eigenvalue weighted by atomic mass is 32.2. The Morgan fingerprint density at radius 2 is 1.37 bits per heavy atom. The topological polar surface area (TPSA) is 121 Å². The summed E-state index contributed by atoms with van der Waals surface area (Å²) in [4.78, 5) is 12.1. The second kappa shape index (κ2) is 9.58. The third kappa shape index (κ3) is 6.73. The predicted octanol–water partition coefficient (Wildman–Crippen LogP) is 4.86. The summed E-state index contributed by atoms with van der Waals surface area (Å²) < 4.78 is 89.8. The number of sulfonamides is 1. The van der Waals surface area contributed by atoms with Crippen molar-refractivity contribution in [1.29, 1.82) is 0 Å². The molecular formula is C22H20F3N3O5S2. The zero-order valence-electron chi connectivity index (χ0n) is 18.3. The second-order valence-corrected chi connectivity index (χ2v) is 11.2. The number of aryl methyl sites for hydroxylation is 1. The molecule has 13 heteroatoms. The molecule has 3 rings (SSSR count). The highest BCUT2D eigenvalue weighted by Gasteiger charge is 2.30. The number of hydrogen-bond donors (Lipinski definition) is 3. The summed E-state index contributed by atoms with van der Waals surface area (Å²) in [7, 11) is -7.58. The standard InChI is InChI=1S/C22H20F3N3O5S2/c1-14-6-7-18(27-21(29)26-17-5-3-4-15(12-17)22(23,24)25)13-20(14)35(32,33)28-16-8-10-19(11-9-16)34(2,30)31/h3-13,28H,1-2H3,(H2,26,27,29). The smallest absolute Gasteiger partial charge is 0.308 e. The minimum atomic E-state index is -4.58. The van der Waals surface area contributed by atoms with Gasteiger partial charge in [0.1, 0.15) is 0 Å². The monoisotopic (exact) mass is 527 g/mol. The van der Waals surface area contributed by atoms with Crippen molar-refractivity contribution in [2.45, 2.75) is 22.9 Å². The van der Waals surface area contributed by atoms with Crippen molar-refractivity contribution >= 4 is 43.0 Å². The van der Waals surface area contributed by atoms with E-state index in [9.17, 15) is 34.8 Å². The van der Waals surface area contributed by atoms with Crippen molar-refractivity contribution in [3.8, 4) is 0 Å². The highest BCUT2D eigenvalue weighted by molar-refractivity contribution is 7.92. The van der Waals surface area contributed by atoms with Gasteiger partial charge in [-0.1, -0.05) is 12.1 Å². The number of urea groups is 1. The van der Waals surface area contributed by atoms with Crippen molar-refractivity contribution < 1.29 is 34.8 Å². The van der Waals surface area contributed by atoms with Gasteiger partial charge in [0.25, 0.3) is 10.0 Å². The van der Waals surface area contributed by atoms with Crippen LogP contribution in [-0.2, 0) is 26.0 Å². The SMILES string of the molecule is Cc1ccc(NC(=O)Nc2cccc(C(F)(F)F)c2)cc1S(=O)(=O)Nc1ccc(S(C)(=O)=O)cc1. The molecule has 3 aromatic rings. The van der Waals surface area contributed by atoms with Crippen LogP contribution in [0.15, 0.2) is 76.5 Å². The molecule has 0 aliphatic carbocycles. The van der Waals surface area contributed by atoms with Crippen molar-refractivity contribution in [3.63, 3.8) is 0 Å². The van der Waals surface area contributed by atoms with Crippen LogP contribution in [0.1, 0.15) is 11.1 Å². The number of hydrogen-bond acceptors (Lipinski definition) is 5. The van der Waals surface area contributed by atoms with Gasteiger partial charge in [0.15, 0.2) is 9.84 Å². The van der Waals surface area contributed by atoms with Crippen molar-refractivity contribution in [1.82, 2.24) is 0 Å². The fourth-order valence-corrected chi connectivity index (χ4v) is 4.98. The first-order valence-electron chi connectivity index (χ1n) is 9.84. The highest BCUT2D eigenvalue weighted by Crippen LogP contribution is 2.31. The summed E-state index contributed by atoms with van der Waals surface area (Å²) in [6, 6.07) is 12.4. The van der Waals surface area contributed by atoms with Gasteiger partial charge >= 0.3 is 12.2 Å². The van der Waals surface area contributed by atoms with Crippen molar-refractivity contribution in [2.75, 3.05) is 21.6 Å². The van der Waals surface area contributed by atoms with E-state index in [4.69, 9.17) is 0 Å². The van der Waals surface area contributed by atoms with Gasteiger partial charge in [-0.05, 0) is 67.1 Å². The molecule has 3 N–H and O–H groups in total. The molecule has 8 nitrogen and oxygen atoms in total. The Kier molecular flexibility index (Phi) is 7.13. The summed E-state index contributed by atoms with van der Waals surface area (Å²) in [5.74, 6) is 0. The Morgan fingerprint density at radius 3 is 1.94 bits per heavy atom. The lowest BCUT2D eigenvalue weighted by atomic mass is 10.2. The maximum absolute atomic E-state index is 12.9. The van der Waals surface area contributed by atoms with Gasteiger partial charge in [-0.25, -0.2) is 21.6 Å². The molecule has 0 aliphatic heterocycles. The van der Waals surface area contributed by atoms with Gasteiger partial charge < -0.3 is 10.6 Å². The van der Waals surface area contributed by atoms with E-state index >= 15 is 0 Å². The maximum atomic E-state index is 12.9. The number of amides is 2. The number of anilines is 3. The zero-order chi connectivity index (χ0) is 26.0. The summed E-state index contributed by atoms with van der Waals surface area (Å²) in [6.07, 6.45) is -3.55. The van der Waals surface area contributed by atoms with Crippen LogP contribution in [0.25, 0.3) is 0 Å². The Bertz CT molecular complexity index is 1470. The van der Waals surface area contributed by atoms with Crippen LogP contribution in [0.4, 0.5) is 35.0 Å². The molecule has 0 fully saturated rings. The average molecular weight is 528 g/mol. The van der Waals surface area contributed by atoms with Crippen LogP contribution in [0.5, 0.6) is 0 Å². The number of halogens is 3. The molecular weight excluding hydrogens is 507 g/mol. The lowest BCUT2D eigenvalue weighted by molar-refractivity contribution is -0.137. The van der Waals surface area contributed by atoms with Crippen LogP contribution in [0, 0.1) is 6.92 Å². The van der Waals surface area contributed by atoms with E-state index in [1.807, 2.05) is 0 Å². The van der Waals surface area contributed by atoms with E-state index in [1.54, 1.807) is 0 Å². The first kappa shape index (κ1) is 26.0. The molecule has 2 amide bonds. The number of alkyl halides is 3. The van der Waals surface area contributed by atoms with Crippen LogP contribution >= 0.6 is 0 Å². The molecule has 0 bridgehead atoms. The molecule has 0 heterocycles. The molecule has 0 spiro atoms. The van der Waals surface area contributed by atoms with Gasteiger partial charge in [-0.3, -0.25) is 4.72 Å². The molecule has 0 saturated heterocycles. The fraction of sp³-hybridized carbons (Fsp3) is 0.136. The molecule has 186 valence electrons. The molecule has 0 unspecified atom stereocenters. The molecule has 0 aliphatic rings. The third-order valence-electron chi connectivity index (χ3n) is 4.72. The quantitative estimate of drug-likeness (QED) is 0.423. The Hall–Kier alpha value is -3.58. The summed E-state index contributed by atoms with van der Waals surface area (Å²) in [5.41, 5.74) is -0.481. The fourth-order valence-electron chi connectivity index (χ4n) is 3.01. The molecule has 0 radical (unpaired) electrons. The maximum Gasteiger partial charge on any atom is 0.416 e. The first-order valence-corrected chi connectivity index (χ1v) is 13.2. The second-order valence-electron chi connectivity index (χ2n) is 7.54. The minimum absolute atomic E-state index is 0.0228. The van der Waals surface area contributed by atoms with Gasteiger partial charge in [0, 0.05) is 23.3 Å². The lowest BCUT2D eigenvalue weighted by Gasteiger charge is -2.14. The minimum Gasteiger partial charge on any atom is -0.308 e. The Balaban J connectivity index is 1.77. The largest absolute Gasteiger partial charge is 0.416 e. The molecule has 0 aromatic heterocycles. The lowest BCUT2D eigenvalue weighted by Crippen LogP contribution is -2.20. The van der Waals surface area contributed by atoms with Crippen LogP contribution in [-0.4, -0.2) is 29.1 Å². The molecule has 3 aromatic carbocycles. The van der Waals surface area contributed by atoms with E-state index in [0.29, 0.717) is 5.56 Å². The zero-order valence-corrected chi connectivity index (χ0v) is 20.0. The summed E-state index contributed by atoms with van der Waals surface area (Å²) >= 11 is 0. The van der Waals surface area contributed by atoms with Gasteiger partial charge in [0.05, 0.1) is 15.4 Å². The summed E-state index contributed by atoms with van der Waals surface area (Å²) in [6.45, 7) is 1.54. The normalized spacial score (nSPS) is 12.1. The number of carbonyl (C=O) groups is 1. The summed E-state index contributed by atoms with van der Waals surface area (Å²) in [5, 5.41) is 4.65. The number of rotatable bonds is 6. The average Bonchev–Trinajstić information content (AvgIpc) is 2.74. The van der Waals surface area contributed by atoms with Gasteiger partial charge in [0.2, 0.25) is 0 Å². The van der Waals surface area contributed by atoms with Crippen molar-refractivity contribution in [3.05, 3.63) is 77.9 Å². The first-order chi connectivity index (χ1) is 16.1. The van der Waals surface area contributed by atoms with E-state index in [2.05, 4.69) is 15.4 Å². The van der Waals surface area contributed by atoms with Gasteiger partial charge in [-0.2, -0.15) is 13.2 Å². The number of carbonyl (C=O) groups excluding carboxylic acids is 1. The number of nitrogens with one attached hydrogen (secondary N) is 3. The Morgan fingerprint density at radius 1 is 0.800 bits per heavy atom. The van der Waals surface area contributed by atoms with Gasteiger partial charge in [-0.15, -0.1) is 0 Å². The Labute approximate surface area is 200 Å². The number of sulfone groups is 1. The van der Waals surface area contributed by atoms with E-state index in [0.717, 1.165) is 24.5 Å². The van der Waals surface area contributed by atoms with Crippen LogP contribution in [0.3, 0.4) is 0 Å². The van der Waals surface area contributed by atoms with Crippen LogP contribution in [0.2, 0.25) is 0 Å². The predicted molar refractivity (Wildman–Crippen MR) is 126 cm³/mol. The van der Waals surface area contributed by atoms with Crippen molar-refractivity contribution in [2.24, 2.45) is 0 Å². The molecule has 0 atom stereocenters. The van der Waals surface area contributed by atoms with E-state index < -0.39 is 37.6 Å². The number of benzene rings is 3. The van der Waals surface area contributed by atoms with E-state index in [1.165, 1.54) is 55.5 Å². The molecule has 0 saturated carbocycles. The van der Waals surface area contributed by atoms with Crippen LogP contribution < -0.4 is 15.4 Å². The van der Waals surface area contributed by atoms with E-state index in [-0.39, 0.29) is 26.9 Å².